The second-order valence-electron chi connectivity index (χ2n) is 4.41. The SMILES string of the molecule is CCc1ccccc1N1CCOC(CCN)C1=O. The Morgan fingerprint density at radius 1 is 1.44 bits per heavy atom. The Balaban J connectivity index is 2.23. The van der Waals surface area contributed by atoms with Gasteiger partial charge in [0, 0.05) is 12.2 Å². The van der Waals surface area contributed by atoms with Crippen molar-refractivity contribution < 1.29 is 9.53 Å². The van der Waals surface area contributed by atoms with Gasteiger partial charge in [0.15, 0.2) is 0 Å². The summed E-state index contributed by atoms with van der Waals surface area (Å²) < 4.78 is 5.48. The lowest BCUT2D eigenvalue weighted by Crippen LogP contribution is -2.48. The number of hydrogen-bond donors (Lipinski definition) is 1. The molecule has 1 amide bonds. The standard InChI is InChI=1S/C14H20N2O2/c1-2-11-5-3-4-6-12(11)16-9-10-18-13(7-8-15)14(16)17/h3-6,13H,2,7-10,15H2,1H3. The minimum absolute atomic E-state index is 0.0348. The van der Waals surface area contributed by atoms with Gasteiger partial charge in [0.2, 0.25) is 0 Å². The van der Waals surface area contributed by atoms with Gasteiger partial charge >= 0.3 is 0 Å². The number of hydrogen-bond acceptors (Lipinski definition) is 3. The van der Waals surface area contributed by atoms with E-state index in [9.17, 15) is 4.79 Å². The van der Waals surface area contributed by atoms with Crippen LogP contribution in [-0.2, 0) is 16.0 Å². The predicted octanol–water partition coefficient (Wildman–Crippen LogP) is 1.33. The third kappa shape index (κ3) is 2.54. The molecule has 0 aromatic heterocycles. The highest BCUT2D eigenvalue weighted by Crippen LogP contribution is 2.24. The maximum Gasteiger partial charge on any atom is 0.256 e. The molecule has 0 bridgehead atoms. The van der Waals surface area contributed by atoms with E-state index >= 15 is 0 Å². The summed E-state index contributed by atoms with van der Waals surface area (Å²) in [6.07, 6.45) is 1.13. The fraction of sp³-hybridized carbons (Fsp3) is 0.500. The highest BCUT2D eigenvalue weighted by molar-refractivity contribution is 5.97. The molecule has 1 fully saturated rings. The van der Waals surface area contributed by atoms with Crippen molar-refractivity contribution in [2.45, 2.75) is 25.9 Å². The van der Waals surface area contributed by atoms with Gasteiger partial charge in [-0.1, -0.05) is 25.1 Å². The highest BCUT2D eigenvalue weighted by Gasteiger charge is 2.30. The molecule has 1 aliphatic rings. The van der Waals surface area contributed by atoms with Gasteiger partial charge in [-0.3, -0.25) is 4.79 Å². The van der Waals surface area contributed by atoms with Gasteiger partial charge in [-0.2, -0.15) is 0 Å². The van der Waals surface area contributed by atoms with Crippen LogP contribution in [0.15, 0.2) is 24.3 Å². The number of ether oxygens (including phenoxy) is 1. The summed E-state index contributed by atoms with van der Waals surface area (Å²) in [5.41, 5.74) is 7.71. The number of carbonyl (C=O) groups is 1. The first kappa shape index (κ1) is 13.1. The van der Waals surface area contributed by atoms with Crippen LogP contribution in [0.4, 0.5) is 5.69 Å². The predicted molar refractivity (Wildman–Crippen MR) is 71.6 cm³/mol. The van der Waals surface area contributed by atoms with Gasteiger partial charge in [-0.05, 0) is 31.0 Å². The number of rotatable bonds is 4. The largest absolute Gasteiger partial charge is 0.366 e. The molecule has 1 aromatic carbocycles. The Kier molecular flexibility index (Phi) is 4.33. The van der Waals surface area contributed by atoms with E-state index in [1.807, 2.05) is 23.1 Å². The van der Waals surface area contributed by atoms with Crippen LogP contribution in [-0.4, -0.2) is 31.7 Å². The molecule has 0 radical (unpaired) electrons. The fourth-order valence-corrected chi connectivity index (χ4v) is 2.31. The number of nitrogens with two attached hydrogens (primary N) is 1. The number of anilines is 1. The van der Waals surface area contributed by atoms with Crippen LogP contribution in [0.25, 0.3) is 0 Å². The highest BCUT2D eigenvalue weighted by atomic mass is 16.5. The monoisotopic (exact) mass is 248 g/mol. The number of nitrogens with zero attached hydrogens (tertiary/aromatic N) is 1. The molecule has 2 rings (SSSR count). The Bertz CT molecular complexity index is 418. The molecule has 1 unspecified atom stereocenters. The van der Waals surface area contributed by atoms with Gasteiger partial charge in [-0.25, -0.2) is 0 Å². The van der Waals surface area contributed by atoms with Crippen molar-refractivity contribution in [3.63, 3.8) is 0 Å². The molecule has 4 heteroatoms. The molecular weight excluding hydrogens is 228 g/mol. The number of amides is 1. The summed E-state index contributed by atoms with van der Waals surface area (Å²) in [5.74, 6) is 0.0348. The van der Waals surface area contributed by atoms with E-state index in [0.29, 0.717) is 26.1 Å². The zero-order valence-electron chi connectivity index (χ0n) is 10.8. The summed E-state index contributed by atoms with van der Waals surface area (Å²) >= 11 is 0. The van der Waals surface area contributed by atoms with Crippen molar-refractivity contribution >= 4 is 11.6 Å². The van der Waals surface area contributed by atoms with Crippen LogP contribution in [0, 0.1) is 0 Å². The first-order valence-corrected chi connectivity index (χ1v) is 6.49. The van der Waals surface area contributed by atoms with E-state index in [4.69, 9.17) is 10.5 Å². The molecule has 0 aliphatic carbocycles. The first-order valence-electron chi connectivity index (χ1n) is 6.49. The summed E-state index contributed by atoms with van der Waals surface area (Å²) in [5, 5.41) is 0. The van der Waals surface area contributed by atoms with Crippen molar-refractivity contribution in [2.24, 2.45) is 5.73 Å². The summed E-state index contributed by atoms with van der Waals surface area (Å²) in [6, 6.07) is 8.04. The Hall–Kier alpha value is -1.39. The maximum absolute atomic E-state index is 12.3. The molecule has 1 atom stereocenters. The first-order chi connectivity index (χ1) is 8.77. The third-order valence-electron chi connectivity index (χ3n) is 3.27. The Morgan fingerprint density at radius 2 is 2.22 bits per heavy atom. The van der Waals surface area contributed by atoms with Crippen molar-refractivity contribution in [3.05, 3.63) is 29.8 Å². The van der Waals surface area contributed by atoms with Crippen LogP contribution in [0.2, 0.25) is 0 Å². The second kappa shape index (κ2) is 5.98. The number of morpholine rings is 1. The fourth-order valence-electron chi connectivity index (χ4n) is 2.31. The second-order valence-corrected chi connectivity index (χ2v) is 4.41. The number of carbonyl (C=O) groups excluding carboxylic acids is 1. The number of para-hydroxylation sites is 1. The lowest BCUT2D eigenvalue weighted by Gasteiger charge is -2.33. The number of aryl methyl sites for hydroxylation is 1. The van der Waals surface area contributed by atoms with Gasteiger partial charge in [0.25, 0.3) is 5.91 Å². The molecular formula is C14H20N2O2. The molecule has 0 saturated carbocycles. The van der Waals surface area contributed by atoms with Crippen LogP contribution in [0.1, 0.15) is 18.9 Å². The van der Waals surface area contributed by atoms with Gasteiger partial charge in [0.1, 0.15) is 6.10 Å². The lowest BCUT2D eigenvalue weighted by atomic mass is 10.1. The van der Waals surface area contributed by atoms with E-state index in [2.05, 4.69) is 13.0 Å². The van der Waals surface area contributed by atoms with Crippen LogP contribution in [0.3, 0.4) is 0 Å². The van der Waals surface area contributed by atoms with Crippen molar-refractivity contribution in [1.29, 1.82) is 0 Å². The average molecular weight is 248 g/mol. The summed E-state index contributed by atoms with van der Waals surface area (Å²) in [7, 11) is 0. The molecule has 1 aromatic rings. The van der Waals surface area contributed by atoms with Gasteiger partial charge < -0.3 is 15.4 Å². The smallest absolute Gasteiger partial charge is 0.256 e. The van der Waals surface area contributed by atoms with E-state index in [0.717, 1.165) is 12.1 Å². The molecule has 1 heterocycles. The maximum atomic E-state index is 12.3. The Labute approximate surface area is 108 Å². The van der Waals surface area contributed by atoms with Gasteiger partial charge in [-0.15, -0.1) is 0 Å². The summed E-state index contributed by atoms with van der Waals surface area (Å²) in [4.78, 5) is 14.2. The van der Waals surface area contributed by atoms with E-state index in [1.54, 1.807) is 0 Å². The molecule has 98 valence electrons. The van der Waals surface area contributed by atoms with E-state index < -0.39 is 0 Å². The van der Waals surface area contributed by atoms with E-state index in [-0.39, 0.29) is 12.0 Å². The van der Waals surface area contributed by atoms with Crippen LogP contribution >= 0.6 is 0 Å². The third-order valence-corrected chi connectivity index (χ3v) is 3.27. The topological polar surface area (TPSA) is 55.6 Å². The molecule has 1 aliphatic heterocycles. The zero-order valence-corrected chi connectivity index (χ0v) is 10.8. The minimum Gasteiger partial charge on any atom is -0.366 e. The lowest BCUT2D eigenvalue weighted by molar-refractivity contribution is -0.134. The van der Waals surface area contributed by atoms with Crippen LogP contribution < -0.4 is 10.6 Å². The molecule has 1 saturated heterocycles. The summed E-state index contributed by atoms with van der Waals surface area (Å²) in [6.45, 7) is 3.77. The van der Waals surface area contributed by atoms with Crippen molar-refractivity contribution in [1.82, 2.24) is 0 Å². The van der Waals surface area contributed by atoms with Crippen molar-refractivity contribution in [3.8, 4) is 0 Å². The number of benzene rings is 1. The average Bonchev–Trinajstić information content (AvgIpc) is 2.41. The van der Waals surface area contributed by atoms with E-state index in [1.165, 1.54) is 5.56 Å². The zero-order chi connectivity index (χ0) is 13.0. The molecule has 4 nitrogen and oxygen atoms in total. The molecule has 18 heavy (non-hydrogen) atoms. The quantitative estimate of drug-likeness (QED) is 0.874. The minimum atomic E-state index is -0.381. The normalized spacial score (nSPS) is 20.2. The Morgan fingerprint density at radius 3 is 2.94 bits per heavy atom. The molecule has 2 N–H and O–H groups in total. The van der Waals surface area contributed by atoms with Crippen LogP contribution in [0.5, 0.6) is 0 Å². The van der Waals surface area contributed by atoms with Crippen molar-refractivity contribution in [2.75, 3.05) is 24.6 Å². The van der Waals surface area contributed by atoms with Gasteiger partial charge in [0.05, 0.1) is 6.61 Å². The molecule has 0 spiro atoms.